The van der Waals surface area contributed by atoms with E-state index in [0.717, 1.165) is 57.3 Å². The Balaban J connectivity index is 1.28. The summed E-state index contributed by atoms with van der Waals surface area (Å²) in [6, 6.07) is 7.71. The molecule has 3 fully saturated rings. The molecule has 0 spiro atoms. The van der Waals surface area contributed by atoms with Crippen LogP contribution in [-0.4, -0.2) is 47.3 Å². The highest BCUT2D eigenvalue weighted by Crippen LogP contribution is 2.39. The van der Waals surface area contributed by atoms with E-state index in [9.17, 15) is 14.4 Å². The maximum Gasteiger partial charge on any atom is 0.252 e. The number of hydrogen-bond donors (Lipinski definition) is 3. The SMILES string of the molecule is CC[C@@H](C)Nc1cc(C(=O)NC2CC3CCCN(c4ccc(C(=O)C5CC5)cn4)C3C2)c(Br)cc1C(N)=O. The normalized spacial score (nSPS) is 23.4. The predicted octanol–water partition coefficient (Wildman–Crippen LogP) is 4.92. The van der Waals surface area contributed by atoms with E-state index in [4.69, 9.17) is 5.73 Å². The number of carbonyl (C=O) groups excluding carboxylic acids is 3. The van der Waals surface area contributed by atoms with Gasteiger partial charge in [0, 0.05) is 52.5 Å². The van der Waals surface area contributed by atoms with Gasteiger partial charge in [0.1, 0.15) is 5.82 Å². The smallest absolute Gasteiger partial charge is 0.252 e. The molecule has 2 aliphatic carbocycles. The fraction of sp³-hybridized carbons (Fsp3) is 0.517. The van der Waals surface area contributed by atoms with Gasteiger partial charge in [-0.15, -0.1) is 0 Å². The Labute approximate surface area is 232 Å². The van der Waals surface area contributed by atoms with Crippen LogP contribution in [0, 0.1) is 11.8 Å². The molecule has 2 saturated carbocycles. The number of fused-ring (bicyclic) bond motifs is 1. The van der Waals surface area contributed by atoms with Crippen LogP contribution < -0.4 is 21.3 Å². The number of nitrogens with one attached hydrogen (secondary N) is 2. The molecule has 5 rings (SSSR count). The van der Waals surface area contributed by atoms with Crippen LogP contribution in [-0.2, 0) is 0 Å². The lowest BCUT2D eigenvalue weighted by atomic mass is 9.92. The largest absolute Gasteiger partial charge is 0.382 e. The van der Waals surface area contributed by atoms with Gasteiger partial charge in [0.2, 0.25) is 0 Å². The number of ketones is 1. The number of anilines is 2. The molecule has 202 valence electrons. The van der Waals surface area contributed by atoms with Gasteiger partial charge in [-0.1, -0.05) is 6.92 Å². The lowest BCUT2D eigenvalue weighted by Gasteiger charge is -2.38. The van der Waals surface area contributed by atoms with Crippen LogP contribution in [0.4, 0.5) is 11.5 Å². The van der Waals surface area contributed by atoms with Gasteiger partial charge in [-0.05, 0) is 98.0 Å². The number of benzene rings is 1. The number of halogens is 1. The van der Waals surface area contributed by atoms with Crippen molar-refractivity contribution in [3.63, 3.8) is 0 Å². The average molecular weight is 583 g/mol. The van der Waals surface area contributed by atoms with Crippen LogP contribution in [0.3, 0.4) is 0 Å². The zero-order chi connectivity index (χ0) is 27.0. The molecule has 0 radical (unpaired) electrons. The van der Waals surface area contributed by atoms with Crippen LogP contribution >= 0.6 is 15.9 Å². The Kier molecular flexibility index (Phi) is 7.75. The lowest BCUT2D eigenvalue weighted by molar-refractivity contribution is 0.0932. The highest BCUT2D eigenvalue weighted by atomic mass is 79.9. The molecule has 1 aliphatic heterocycles. The van der Waals surface area contributed by atoms with Crippen molar-refractivity contribution in [3.05, 3.63) is 51.6 Å². The molecule has 38 heavy (non-hydrogen) atoms. The Morgan fingerprint density at radius 3 is 2.61 bits per heavy atom. The van der Waals surface area contributed by atoms with Gasteiger partial charge in [0.05, 0.1) is 11.1 Å². The van der Waals surface area contributed by atoms with E-state index in [1.165, 1.54) is 0 Å². The maximum absolute atomic E-state index is 13.4. The second-order valence-electron chi connectivity index (χ2n) is 11.0. The lowest BCUT2D eigenvalue weighted by Crippen LogP contribution is -2.43. The van der Waals surface area contributed by atoms with Crippen LogP contribution in [0.1, 0.15) is 89.9 Å². The monoisotopic (exact) mass is 581 g/mol. The molecule has 3 aliphatic rings. The van der Waals surface area contributed by atoms with Gasteiger partial charge in [-0.2, -0.15) is 0 Å². The summed E-state index contributed by atoms with van der Waals surface area (Å²) >= 11 is 3.48. The number of Topliss-reactive ketones (excluding diaryl/α,β-unsaturated/α-hetero) is 1. The van der Waals surface area contributed by atoms with E-state index in [-0.39, 0.29) is 29.7 Å². The first-order chi connectivity index (χ1) is 18.2. The Morgan fingerprint density at radius 2 is 1.95 bits per heavy atom. The highest BCUT2D eigenvalue weighted by Gasteiger charge is 2.41. The van der Waals surface area contributed by atoms with Gasteiger partial charge in [0.15, 0.2) is 5.78 Å². The van der Waals surface area contributed by atoms with E-state index < -0.39 is 5.91 Å². The minimum atomic E-state index is -0.540. The van der Waals surface area contributed by atoms with Crippen LogP contribution in [0.15, 0.2) is 34.9 Å². The van der Waals surface area contributed by atoms with E-state index in [2.05, 4.69) is 43.4 Å². The number of amides is 2. The maximum atomic E-state index is 13.4. The van der Waals surface area contributed by atoms with Crippen LogP contribution in [0.5, 0.6) is 0 Å². The molecular weight excluding hydrogens is 546 g/mol. The number of carbonyl (C=O) groups is 3. The van der Waals surface area contributed by atoms with E-state index in [1.807, 2.05) is 19.1 Å². The summed E-state index contributed by atoms with van der Waals surface area (Å²) in [5.74, 6) is 1.08. The molecule has 1 aromatic carbocycles. The third-order valence-corrected chi connectivity index (χ3v) is 8.93. The Bertz CT molecular complexity index is 1230. The Morgan fingerprint density at radius 1 is 1.16 bits per heavy atom. The number of primary amides is 1. The van der Waals surface area contributed by atoms with Crippen molar-refractivity contribution in [1.82, 2.24) is 10.3 Å². The molecule has 3 unspecified atom stereocenters. The summed E-state index contributed by atoms with van der Waals surface area (Å²) < 4.78 is 0.542. The van der Waals surface area contributed by atoms with Gasteiger partial charge in [-0.3, -0.25) is 14.4 Å². The number of piperidine rings is 1. The van der Waals surface area contributed by atoms with Crippen molar-refractivity contribution >= 4 is 45.0 Å². The van der Waals surface area contributed by atoms with Crippen molar-refractivity contribution in [3.8, 4) is 0 Å². The van der Waals surface area contributed by atoms with E-state index >= 15 is 0 Å². The van der Waals surface area contributed by atoms with Crippen LogP contribution in [0.25, 0.3) is 0 Å². The first kappa shape index (κ1) is 26.7. The number of aromatic nitrogens is 1. The van der Waals surface area contributed by atoms with Crippen molar-refractivity contribution in [2.45, 2.75) is 76.9 Å². The molecule has 2 aromatic rings. The standard InChI is InChI=1S/C29H36BrN5O3/c1-3-16(2)33-24-14-21(23(30)13-22(24)28(31)37)29(38)34-20-11-18-5-4-10-35(25(18)12-20)26-9-8-19(15-32-26)27(36)17-6-7-17/h8-9,13-18,20,25,33H,3-7,10-12H2,1-2H3,(H2,31,37)(H,34,38)/t16-,18?,20?,25?/m1/s1. The van der Waals surface area contributed by atoms with Gasteiger partial charge < -0.3 is 21.3 Å². The minimum absolute atomic E-state index is 0.0440. The number of nitrogens with zero attached hydrogens (tertiary/aromatic N) is 2. The summed E-state index contributed by atoms with van der Waals surface area (Å²) in [5.41, 5.74) is 7.71. The van der Waals surface area contributed by atoms with Crippen LogP contribution in [0.2, 0.25) is 0 Å². The molecule has 0 bridgehead atoms. The third kappa shape index (κ3) is 5.58. The van der Waals surface area contributed by atoms with Gasteiger partial charge in [0.25, 0.3) is 11.8 Å². The molecule has 4 N–H and O–H groups in total. The highest BCUT2D eigenvalue weighted by molar-refractivity contribution is 9.10. The van der Waals surface area contributed by atoms with Gasteiger partial charge in [-0.25, -0.2) is 4.98 Å². The van der Waals surface area contributed by atoms with Crippen molar-refractivity contribution in [2.75, 3.05) is 16.8 Å². The second-order valence-corrected chi connectivity index (χ2v) is 11.9. The average Bonchev–Trinajstić information content (AvgIpc) is 3.68. The molecular formula is C29H36BrN5O3. The Hall–Kier alpha value is -2.94. The fourth-order valence-corrected chi connectivity index (χ4v) is 6.39. The minimum Gasteiger partial charge on any atom is -0.382 e. The van der Waals surface area contributed by atoms with Crippen molar-refractivity contribution in [2.24, 2.45) is 17.6 Å². The summed E-state index contributed by atoms with van der Waals surface area (Å²) in [5, 5.41) is 6.55. The molecule has 2 amide bonds. The quantitative estimate of drug-likeness (QED) is 0.362. The number of nitrogens with two attached hydrogens (primary N) is 1. The molecule has 2 heterocycles. The number of hydrogen-bond acceptors (Lipinski definition) is 6. The first-order valence-corrected chi connectivity index (χ1v) is 14.5. The zero-order valence-electron chi connectivity index (χ0n) is 22.0. The molecule has 1 aromatic heterocycles. The zero-order valence-corrected chi connectivity index (χ0v) is 23.6. The van der Waals surface area contributed by atoms with Crippen molar-refractivity contribution < 1.29 is 14.4 Å². The number of rotatable bonds is 9. The first-order valence-electron chi connectivity index (χ1n) is 13.7. The summed E-state index contributed by atoms with van der Waals surface area (Å²) in [6.45, 7) is 5.00. The van der Waals surface area contributed by atoms with E-state index in [0.29, 0.717) is 38.8 Å². The number of pyridine rings is 1. The fourth-order valence-electron chi connectivity index (χ4n) is 5.87. The van der Waals surface area contributed by atoms with Crippen molar-refractivity contribution in [1.29, 1.82) is 0 Å². The molecule has 8 nitrogen and oxygen atoms in total. The third-order valence-electron chi connectivity index (χ3n) is 8.27. The van der Waals surface area contributed by atoms with E-state index in [1.54, 1.807) is 18.3 Å². The summed E-state index contributed by atoms with van der Waals surface area (Å²) in [4.78, 5) is 44.8. The second kappa shape index (κ2) is 11.0. The topological polar surface area (TPSA) is 117 Å². The summed E-state index contributed by atoms with van der Waals surface area (Å²) in [6.07, 6.45) is 8.55. The molecule has 9 heteroatoms. The summed E-state index contributed by atoms with van der Waals surface area (Å²) in [7, 11) is 0. The predicted molar refractivity (Wildman–Crippen MR) is 152 cm³/mol. The van der Waals surface area contributed by atoms with Gasteiger partial charge >= 0.3 is 0 Å². The molecule has 1 saturated heterocycles. The molecule has 4 atom stereocenters.